The predicted molar refractivity (Wildman–Crippen MR) is 79.7 cm³/mol. The molecule has 0 aromatic heterocycles. The van der Waals surface area contributed by atoms with E-state index >= 15 is 0 Å². The first-order valence-electron chi connectivity index (χ1n) is 7.76. The third-order valence-electron chi connectivity index (χ3n) is 5.12. The van der Waals surface area contributed by atoms with E-state index in [1.165, 1.54) is 12.5 Å². The fourth-order valence-corrected chi connectivity index (χ4v) is 4.43. The molecule has 0 N–H and O–H groups in total. The van der Waals surface area contributed by atoms with Crippen molar-refractivity contribution < 1.29 is 25.8 Å². The fourth-order valence-electron chi connectivity index (χ4n) is 3.94. The third-order valence-corrected chi connectivity index (χ3v) is 6.09. The highest BCUT2D eigenvalue weighted by molar-refractivity contribution is 7.88. The molecule has 1 fully saturated rings. The molecule has 128 valence electrons. The number of aryl methyl sites for hydroxylation is 1. The minimum Gasteiger partial charge on any atom is -0.376 e. The number of fused-ring (bicyclic) bond motifs is 1. The van der Waals surface area contributed by atoms with Gasteiger partial charge >= 0.3 is 15.6 Å². The Labute approximate surface area is 134 Å². The van der Waals surface area contributed by atoms with E-state index in [1.807, 2.05) is 6.92 Å². The summed E-state index contributed by atoms with van der Waals surface area (Å²) in [5.74, 6) is -0.162. The second-order valence-electron chi connectivity index (χ2n) is 6.74. The molecule has 0 saturated heterocycles. The van der Waals surface area contributed by atoms with Gasteiger partial charge in [-0.15, -0.1) is 0 Å². The van der Waals surface area contributed by atoms with Crippen molar-refractivity contribution in [1.29, 1.82) is 0 Å². The van der Waals surface area contributed by atoms with Crippen molar-refractivity contribution >= 4 is 10.1 Å². The quantitative estimate of drug-likeness (QED) is 0.592. The Hall–Kier alpha value is -1.24. The molecular weight excluding hydrogens is 329 g/mol. The van der Waals surface area contributed by atoms with Crippen LogP contribution in [0.25, 0.3) is 0 Å². The average molecular weight is 348 g/mol. The lowest BCUT2D eigenvalue weighted by atomic mass is 9.72. The SMILES string of the molecule is Cc1ccc(OS(=O)(=O)C(F)(F)F)c2c1CC1(CCCCC1)C2. The summed E-state index contributed by atoms with van der Waals surface area (Å²) in [5.41, 5.74) is -2.76. The molecule has 1 spiro atoms. The minimum atomic E-state index is -5.63. The zero-order chi connectivity index (χ0) is 16.9. The molecule has 0 radical (unpaired) electrons. The molecule has 3 nitrogen and oxygen atoms in total. The Balaban J connectivity index is 1.96. The lowest BCUT2D eigenvalue weighted by Crippen LogP contribution is -2.28. The number of halogens is 3. The summed E-state index contributed by atoms with van der Waals surface area (Å²) in [6, 6.07) is 2.99. The van der Waals surface area contributed by atoms with Gasteiger partial charge in [-0.05, 0) is 60.8 Å². The Morgan fingerprint density at radius 3 is 2.26 bits per heavy atom. The Kier molecular flexibility index (Phi) is 3.90. The average Bonchev–Trinajstić information content (AvgIpc) is 2.81. The second kappa shape index (κ2) is 5.40. The van der Waals surface area contributed by atoms with E-state index in [9.17, 15) is 21.6 Å². The summed E-state index contributed by atoms with van der Waals surface area (Å²) >= 11 is 0. The second-order valence-corrected chi connectivity index (χ2v) is 8.27. The largest absolute Gasteiger partial charge is 0.534 e. The van der Waals surface area contributed by atoms with Crippen LogP contribution in [0.4, 0.5) is 13.2 Å². The summed E-state index contributed by atoms with van der Waals surface area (Å²) < 4.78 is 64.9. The summed E-state index contributed by atoms with van der Waals surface area (Å²) in [4.78, 5) is 0. The van der Waals surface area contributed by atoms with Crippen molar-refractivity contribution in [1.82, 2.24) is 0 Å². The van der Waals surface area contributed by atoms with Crippen molar-refractivity contribution in [2.75, 3.05) is 0 Å². The smallest absolute Gasteiger partial charge is 0.376 e. The van der Waals surface area contributed by atoms with Gasteiger partial charge in [0.1, 0.15) is 5.75 Å². The molecule has 7 heteroatoms. The maximum absolute atomic E-state index is 12.6. The summed E-state index contributed by atoms with van der Waals surface area (Å²) in [5, 5.41) is 0. The molecule has 0 aliphatic heterocycles. The molecule has 3 rings (SSSR count). The highest BCUT2D eigenvalue weighted by Crippen LogP contribution is 2.50. The standard InChI is InChI=1S/C16H19F3O3S/c1-11-5-6-14(22-23(20,21)16(17,18)19)13-10-15(9-12(11)13)7-3-2-4-8-15/h5-6H,2-4,7-10H2,1H3. The minimum absolute atomic E-state index is 0.0623. The van der Waals surface area contributed by atoms with Gasteiger partial charge in [-0.3, -0.25) is 0 Å². The lowest BCUT2D eigenvalue weighted by molar-refractivity contribution is -0.0500. The molecular formula is C16H19F3O3S. The molecule has 1 saturated carbocycles. The first-order chi connectivity index (χ1) is 10.6. The van der Waals surface area contributed by atoms with Crippen LogP contribution >= 0.6 is 0 Å². The third kappa shape index (κ3) is 2.95. The van der Waals surface area contributed by atoms with Gasteiger partial charge in [0.25, 0.3) is 0 Å². The monoisotopic (exact) mass is 348 g/mol. The van der Waals surface area contributed by atoms with Crippen LogP contribution in [-0.4, -0.2) is 13.9 Å². The molecule has 23 heavy (non-hydrogen) atoms. The molecule has 1 aromatic rings. The zero-order valence-corrected chi connectivity index (χ0v) is 13.7. The lowest BCUT2D eigenvalue weighted by Gasteiger charge is -2.33. The van der Waals surface area contributed by atoms with Gasteiger partial charge in [0.15, 0.2) is 0 Å². The first-order valence-corrected chi connectivity index (χ1v) is 9.17. The van der Waals surface area contributed by atoms with Crippen molar-refractivity contribution in [2.45, 2.75) is 57.4 Å². The maximum Gasteiger partial charge on any atom is 0.534 e. The van der Waals surface area contributed by atoms with Crippen LogP contribution in [-0.2, 0) is 23.0 Å². The van der Waals surface area contributed by atoms with Gasteiger partial charge in [0.2, 0.25) is 0 Å². The van der Waals surface area contributed by atoms with Crippen molar-refractivity contribution in [3.63, 3.8) is 0 Å². The Morgan fingerprint density at radius 1 is 1.04 bits per heavy atom. The first kappa shape index (κ1) is 16.6. The van der Waals surface area contributed by atoms with Crippen LogP contribution < -0.4 is 4.18 Å². The summed E-state index contributed by atoms with van der Waals surface area (Å²) in [6.45, 7) is 1.91. The highest BCUT2D eigenvalue weighted by atomic mass is 32.2. The fraction of sp³-hybridized carbons (Fsp3) is 0.625. The molecule has 0 unspecified atom stereocenters. The Bertz CT molecular complexity index is 717. The van der Waals surface area contributed by atoms with Crippen molar-refractivity contribution in [2.24, 2.45) is 5.41 Å². The molecule has 0 heterocycles. The molecule has 2 aliphatic carbocycles. The van der Waals surface area contributed by atoms with E-state index in [0.717, 1.165) is 43.2 Å². The van der Waals surface area contributed by atoms with E-state index in [2.05, 4.69) is 4.18 Å². The predicted octanol–water partition coefficient (Wildman–Crippen LogP) is 4.27. The van der Waals surface area contributed by atoms with Crippen molar-refractivity contribution in [3.05, 3.63) is 28.8 Å². The number of rotatable bonds is 2. The molecule has 0 bridgehead atoms. The summed E-state index contributed by atoms with van der Waals surface area (Å²) in [7, 11) is -5.63. The van der Waals surface area contributed by atoms with E-state index < -0.39 is 15.6 Å². The van der Waals surface area contributed by atoms with Crippen LogP contribution in [0, 0.1) is 12.3 Å². The number of benzene rings is 1. The maximum atomic E-state index is 12.6. The number of hydrogen-bond acceptors (Lipinski definition) is 3. The van der Waals surface area contributed by atoms with Gasteiger partial charge in [-0.25, -0.2) is 0 Å². The van der Waals surface area contributed by atoms with Crippen LogP contribution in [0.1, 0.15) is 48.8 Å². The van der Waals surface area contributed by atoms with Gasteiger partial charge in [0.05, 0.1) is 0 Å². The highest BCUT2D eigenvalue weighted by Gasteiger charge is 2.49. The topological polar surface area (TPSA) is 43.4 Å². The number of hydrogen-bond donors (Lipinski definition) is 0. The summed E-state index contributed by atoms with van der Waals surface area (Å²) in [6.07, 6.45) is 6.89. The van der Waals surface area contributed by atoms with E-state index in [-0.39, 0.29) is 11.2 Å². The van der Waals surface area contributed by atoms with Crippen LogP contribution in [0.5, 0.6) is 5.75 Å². The van der Waals surface area contributed by atoms with Gasteiger partial charge < -0.3 is 4.18 Å². The number of alkyl halides is 3. The zero-order valence-electron chi connectivity index (χ0n) is 12.9. The molecule has 1 aromatic carbocycles. The van der Waals surface area contributed by atoms with Crippen LogP contribution in [0.3, 0.4) is 0 Å². The van der Waals surface area contributed by atoms with Gasteiger partial charge in [-0.1, -0.05) is 25.3 Å². The van der Waals surface area contributed by atoms with Gasteiger partial charge in [-0.2, -0.15) is 21.6 Å². The van der Waals surface area contributed by atoms with E-state index in [0.29, 0.717) is 12.0 Å². The van der Waals surface area contributed by atoms with Crippen LogP contribution in [0.2, 0.25) is 0 Å². The molecule has 0 amide bonds. The van der Waals surface area contributed by atoms with Gasteiger partial charge in [0, 0.05) is 0 Å². The molecule has 0 atom stereocenters. The van der Waals surface area contributed by atoms with E-state index in [1.54, 1.807) is 6.07 Å². The van der Waals surface area contributed by atoms with Crippen molar-refractivity contribution in [3.8, 4) is 5.75 Å². The van der Waals surface area contributed by atoms with E-state index in [4.69, 9.17) is 0 Å². The molecule has 2 aliphatic rings. The Morgan fingerprint density at radius 2 is 1.65 bits per heavy atom. The normalized spacial score (nSPS) is 20.5. The van der Waals surface area contributed by atoms with Crippen LogP contribution in [0.15, 0.2) is 12.1 Å².